The molecule has 1 amide bonds. The van der Waals surface area contributed by atoms with Crippen molar-refractivity contribution in [2.24, 2.45) is 0 Å². The Morgan fingerprint density at radius 1 is 1.42 bits per heavy atom. The molecule has 0 radical (unpaired) electrons. The molecule has 128 valence electrons. The normalized spacial score (nSPS) is 21.5. The summed E-state index contributed by atoms with van der Waals surface area (Å²) in [7, 11) is 0. The summed E-state index contributed by atoms with van der Waals surface area (Å²) in [6.45, 7) is 5.08. The molecule has 2 saturated heterocycles. The molecular formula is C17H23N5O2. The highest BCUT2D eigenvalue weighted by molar-refractivity contribution is 5.78. The molecule has 0 aromatic carbocycles. The van der Waals surface area contributed by atoms with Crippen molar-refractivity contribution in [1.82, 2.24) is 15.2 Å². The van der Waals surface area contributed by atoms with E-state index in [1.165, 1.54) is 0 Å². The predicted octanol–water partition coefficient (Wildman–Crippen LogP) is 0.370. The number of carbonyl (C=O) groups excluding carboxylic acids is 1. The summed E-state index contributed by atoms with van der Waals surface area (Å²) in [5.74, 6) is 0.889. The number of ether oxygens (including phenoxy) is 1. The number of nitrogens with one attached hydrogen (secondary N) is 1. The predicted molar refractivity (Wildman–Crippen MR) is 89.6 cm³/mol. The number of hydrogen-bond acceptors (Lipinski definition) is 6. The first kappa shape index (κ1) is 16.7. The lowest BCUT2D eigenvalue weighted by Crippen LogP contribution is -2.50. The molecule has 1 aromatic heterocycles. The SMILES string of the molecule is N#Cc1ccnc(N2CCN(CC(=O)NCC3CCCO3)CC2)c1. The molecule has 2 aliphatic rings. The number of nitriles is 1. The van der Waals surface area contributed by atoms with Gasteiger partial charge < -0.3 is 15.0 Å². The minimum absolute atomic E-state index is 0.0588. The van der Waals surface area contributed by atoms with Crippen LogP contribution in [0, 0.1) is 11.3 Å². The number of hydrogen-bond donors (Lipinski definition) is 1. The molecule has 0 spiro atoms. The highest BCUT2D eigenvalue weighted by Gasteiger charge is 2.21. The molecule has 3 rings (SSSR count). The van der Waals surface area contributed by atoms with E-state index in [4.69, 9.17) is 10.00 Å². The third-order valence-corrected chi connectivity index (χ3v) is 4.49. The number of anilines is 1. The molecule has 0 aliphatic carbocycles. The van der Waals surface area contributed by atoms with Gasteiger partial charge in [-0.3, -0.25) is 9.69 Å². The van der Waals surface area contributed by atoms with E-state index in [9.17, 15) is 4.79 Å². The number of pyridine rings is 1. The smallest absolute Gasteiger partial charge is 0.234 e. The average Bonchev–Trinajstić information content (AvgIpc) is 3.14. The van der Waals surface area contributed by atoms with Crippen LogP contribution in [0.4, 0.5) is 5.82 Å². The van der Waals surface area contributed by atoms with Crippen LogP contribution in [0.25, 0.3) is 0 Å². The van der Waals surface area contributed by atoms with Crippen LogP contribution in [-0.2, 0) is 9.53 Å². The van der Waals surface area contributed by atoms with E-state index in [0.717, 1.165) is 51.4 Å². The Kier molecular flexibility index (Phi) is 5.62. The van der Waals surface area contributed by atoms with Gasteiger partial charge in [0.05, 0.1) is 24.3 Å². The molecular weight excluding hydrogens is 306 g/mol. The molecule has 24 heavy (non-hydrogen) atoms. The van der Waals surface area contributed by atoms with Crippen LogP contribution >= 0.6 is 0 Å². The number of aromatic nitrogens is 1. The van der Waals surface area contributed by atoms with Crippen molar-refractivity contribution < 1.29 is 9.53 Å². The zero-order valence-corrected chi connectivity index (χ0v) is 13.8. The van der Waals surface area contributed by atoms with Crippen molar-refractivity contribution >= 4 is 11.7 Å². The fourth-order valence-electron chi connectivity index (χ4n) is 3.09. The second-order valence-corrected chi connectivity index (χ2v) is 6.22. The molecule has 7 nitrogen and oxygen atoms in total. The fourth-order valence-corrected chi connectivity index (χ4v) is 3.09. The third kappa shape index (κ3) is 4.43. The molecule has 1 aromatic rings. The molecule has 2 fully saturated rings. The van der Waals surface area contributed by atoms with Crippen LogP contribution in [-0.4, -0.2) is 67.8 Å². The maximum absolute atomic E-state index is 12.0. The zero-order chi connectivity index (χ0) is 16.8. The van der Waals surface area contributed by atoms with E-state index in [1.54, 1.807) is 12.3 Å². The largest absolute Gasteiger partial charge is 0.376 e. The van der Waals surface area contributed by atoms with E-state index >= 15 is 0 Å². The van der Waals surface area contributed by atoms with Crippen molar-refractivity contribution in [3.63, 3.8) is 0 Å². The van der Waals surface area contributed by atoms with Gasteiger partial charge in [0.25, 0.3) is 0 Å². The maximum atomic E-state index is 12.0. The molecule has 2 aliphatic heterocycles. The second-order valence-electron chi connectivity index (χ2n) is 6.22. The van der Waals surface area contributed by atoms with E-state index in [0.29, 0.717) is 18.7 Å². The highest BCUT2D eigenvalue weighted by atomic mass is 16.5. The zero-order valence-electron chi connectivity index (χ0n) is 13.8. The van der Waals surface area contributed by atoms with Crippen LogP contribution in [0.2, 0.25) is 0 Å². The van der Waals surface area contributed by atoms with Gasteiger partial charge in [-0.15, -0.1) is 0 Å². The molecule has 0 bridgehead atoms. The number of amides is 1. The number of rotatable bonds is 5. The first-order chi connectivity index (χ1) is 11.7. The lowest BCUT2D eigenvalue weighted by molar-refractivity contribution is -0.122. The molecule has 0 saturated carbocycles. The lowest BCUT2D eigenvalue weighted by Gasteiger charge is -2.35. The van der Waals surface area contributed by atoms with Crippen LogP contribution < -0.4 is 10.2 Å². The quantitative estimate of drug-likeness (QED) is 0.841. The summed E-state index contributed by atoms with van der Waals surface area (Å²) < 4.78 is 5.51. The fraction of sp³-hybridized carbons (Fsp3) is 0.588. The van der Waals surface area contributed by atoms with Gasteiger partial charge in [-0.25, -0.2) is 4.98 Å². The van der Waals surface area contributed by atoms with Crippen LogP contribution in [0.15, 0.2) is 18.3 Å². The Bertz CT molecular complexity index is 601. The Morgan fingerprint density at radius 2 is 2.25 bits per heavy atom. The maximum Gasteiger partial charge on any atom is 0.234 e. The van der Waals surface area contributed by atoms with Crippen LogP contribution in [0.3, 0.4) is 0 Å². The Labute approximate surface area is 142 Å². The minimum atomic E-state index is 0.0588. The highest BCUT2D eigenvalue weighted by Crippen LogP contribution is 2.15. The number of nitrogens with zero attached hydrogens (tertiary/aromatic N) is 4. The van der Waals surface area contributed by atoms with Gasteiger partial charge in [-0.2, -0.15) is 5.26 Å². The summed E-state index contributed by atoms with van der Waals surface area (Å²) in [5.41, 5.74) is 0.621. The Morgan fingerprint density at radius 3 is 2.96 bits per heavy atom. The molecule has 1 N–H and O–H groups in total. The Balaban J connectivity index is 1.41. The molecule has 1 atom stereocenters. The van der Waals surface area contributed by atoms with Gasteiger partial charge in [0.15, 0.2) is 0 Å². The molecule has 7 heteroatoms. The third-order valence-electron chi connectivity index (χ3n) is 4.49. The van der Waals surface area contributed by atoms with Crippen molar-refractivity contribution in [1.29, 1.82) is 5.26 Å². The van der Waals surface area contributed by atoms with Gasteiger partial charge in [0, 0.05) is 45.5 Å². The Hall–Kier alpha value is -2.17. The summed E-state index contributed by atoms with van der Waals surface area (Å²) in [6.07, 6.45) is 3.97. The lowest BCUT2D eigenvalue weighted by atomic mass is 10.2. The first-order valence-electron chi connectivity index (χ1n) is 8.46. The summed E-state index contributed by atoms with van der Waals surface area (Å²) >= 11 is 0. The van der Waals surface area contributed by atoms with Crippen LogP contribution in [0.5, 0.6) is 0 Å². The van der Waals surface area contributed by atoms with E-state index < -0.39 is 0 Å². The number of piperazine rings is 1. The van der Waals surface area contributed by atoms with E-state index in [-0.39, 0.29) is 12.0 Å². The van der Waals surface area contributed by atoms with Gasteiger partial charge in [-0.1, -0.05) is 0 Å². The van der Waals surface area contributed by atoms with Crippen molar-refractivity contribution in [2.75, 3.05) is 50.8 Å². The minimum Gasteiger partial charge on any atom is -0.376 e. The standard InChI is InChI=1S/C17H23N5O2/c18-11-14-3-4-19-16(10-14)22-7-5-21(6-8-22)13-17(23)20-12-15-2-1-9-24-15/h3-4,10,15H,1-2,5-9,12-13H2,(H,20,23). The van der Waals surface area contributed by atoms with Crippen molar-refractivity contribution in [3.8, 4) is 6.07 Å². The van der Waals surface area contributed by atoms with Gasteiger partial charge in [0.2, 0.25) is 5.91 Å². The number of carbonyl (C=O) groups is 1. The first-order valence-corrected chi connectivity index (χ1v) is 8.46. The topological polar surface area (TPSA) is 81.5 Å². The molecule has 1 unspecified atom stereocenters. The molecule has 3 heterocycles. The van der Waals surface area contributed by atoms with Crippen molar-refractivity contribution in [3.05, 3.63) is 23.9 Å². The van der Waals surface area contributed by atoms with E-state index in [2.05, 4.69) is 26.2 Å². The summed E-state index contributed by atoms with van der Waals surface area (Å²) in [4.78, 5) is 20.7. The van der Waals surface area contributed by atoms with E-state index in [1.807, 2.05) is 6.07 Å². The summed E-state index contributed by atoms with van der Waals surface area (Å²) in [5, 5.41) is 11.9. The van der Waals surface area contributed by atoms with Gasteiger partial charge >= 0.3 is 0 Å². The second kappa shape index (κ2) is 8.08. The van der Waals surface area contributed by atoms with Gasteiger partial charge in [-0.05, 0) is 25.0 Å². The monoisotopic (exact) mass is 329 g/mol. The van der Waals surface area contributed by atoms with Gasteiger partial charge in [0.1, 0.15) is 5.82 Å². The average molecular weight is 329 g/mol. The van der Waals surface area contributed by atoms with Crippen LogP contribution in [0.1, 0.15) is 18.4 Å². The summed E-state index contributed by atoms with van der Waals surface area (Å²) in [6, 6.07) is 5.65. The van der Waals surface area contributed by atoms with Crippen molar-refractivity contribution in [2.45, 2.75) is 18.9 Å².